The predicted molar refractivity (Wildman–Crippen MR) is 294 cm³/mol. The molecule has 0 aliphatic carbocycles. The number of rotatable bonds is 19. The van der Waals surface area contributed by atoms with E-state index < -0.39 is 0 Å². The summed E-state index contributed by atoms with van der Waals surface area (Å²) >= 11 is 4.77. The summed E-state index contributed by atoms with van der Waals surface area (Å²) in [7, 11) is 1.59. The molecular formula is C60H50N4O4S3. The molecule has 3 heterocycles. The monoisotopic (exact) mass is 986 g/mol. The fourth-order valence-corrected chi connectivity index (χ4v) is 11.3. The number of hydrogen-bond acceptors (Lipinski definition) is 11. The maximum atomic E-state index is 12.2. The summed E-state index contributed by atoms with van der Waals surface area (Å²) in [6.07, 6.45) is 2.22. The molecule has 0 saturated heterocycles. The van der Waals surface area contributed by atoms with Crippen molar-refractivity contribution in [3.05, 3.63) is 205 Å². The van der Waals surface area contributed by atoms with E-state index in [0.717, 1.165) is 94.7 Å². The molecule has 0 fully saturated rings. The Bertz CT molecular complexity index is 3370. The second-order valence-electron chi connectivity index (χ2n) is 17.1. The number of carbonyl (C=O) groups excluding carboxylic acids is 2. The average molecular weight is 987 g/mol. The van der Waals surface area contributed by atoms with Gasteiger partial charge in [0.05, 0.1) is 18.3 Å². The van der Waals surface area contributed by atoms with Crippen LogP contribution in [0.15, 0.2) is 194 Å². The van der Waals surface area contributed by atoms with Crippen molar-refractivity contribution in [2.75, 3.05) is 30.1 Å². The van der Waals surface area contributed by atoms with Crippen molar-refractivity contribution >= 4 is 91.3 Å². The molecule has 10 rings (SSSR count). The van der Waals surface area contributed by atoms with Gasteiger partial charge in [0.1, 0.15) is 23.4 Å². The molecule has 71 heavy (non-hydrogen) atoms. The fourth-order valence-electron chi connectivity index (χ4n) is 8.64. The van der Waals surface area contributed by atoms with Gasteiger partial charge in [0.25, 0.3) is 0 Å². The Labute approximate surface area is 426 Å². The normalized spacial score (nSPS) is 11.2. The minimum atomic E-state index is -0.222. The van der Waals surface area contributed by atoms with E-state index in [4.69, 9.17) is 18.2 Å². The summed E-state index contributed by atoms with van der Waals surface area (Å²) in [5.74, 6) is -0.0183. The molecule has 10 aromatic rings. The summed E-state index contributed by atoms with van der Waals surface area (Å²) in [6.45, 7) is 2.31. The maximum Gasteiger partial charge on any atom is 0.306 e. The number of carbonyl (C=O) groups is 2. The Morgan fingerprint density at radius 1 is 0.451 bits per heavy atom. The minimum absolute atomic E-state index is 0.204. The van der Waals surface area contributed by atoms with Gasteiger partial charge in [-0.2, -0.15) is 8.75 Å². The summed E-state index contributed by atoms with van der Waals surface area (Å²) < 4.78 is 19.9. The van der Waals surface area contributed by atoms with E-state index in [9.17, 15) is 9.59 Å². The third kappa shape index (κ3) is 10.9. The first kappa shape index (κ1) is 47.2. The number of hydrogen-bond donors (Lipinski definition) is 0. The summed E-state index contributed by atoms with van der Waals surface area (Å²) in [6, 6.07) is 68.3. The van der Waals surface area contributed by atoms with Gasteiger partial charge < -0.3 is 24.1 Å². The van der Waals surface area contributed by atoms with Gasteiger partial charge in [-0.05, 0) is 139 Å². The van der Waals surface area contributed by atoms with Crippen LogP contribution in [0.25, 0.3) is 52.8 Å². The molecule has 0 spiro atoms. The van der Waals surface area contributed by atoms with Crippen LogP contribution in [0.1, 0.15) is 30.9 Å². The summed E-state index contributed by atoms with van der Waals surface area (Å²) in [5.41, 5.74) is 14.8. The molecule has 0 saturated carbocycles. The van der Waals surface area contributed by atoms with Crippen LogP contribution in [0.4, 0.5) is 34.1 Å². The number of fused-ring (bicyclic) bond motifs is 1. The highest BCUT2D eigenvalue weighted by atomic mass is 32.1. The molecule has 3 aromatic heterocycles. The molecule has 0 aliphatic heterocycles. The van der Waals surface area contributed by atoms with Crippen LogP contribution < -0.4 is 9.80 Å². The predicted octanol–water partition coefficient (Wildman–Crippen LogP) is 16.1. The lowest BCUT2D eigenvalue weighted by Crippen LogP contribution is -2.11. The van der Waals surface area contributed by atoms with Crippen LogP contribution >= 0.6 is 34.4 Å². The van der Waals surface area contributed by atoms with E-state index in [1.54, 1.807) is 36.7 Å². The number of esters is 1. The van der Waals surface area contributed by atoms with Gasteiger partial charge in [-0.1, -0.05) is 97.1 Å². The minimum Gasteiger partial charge on any atom is -0.463 e. The molecule has 0 radical (unpaired) electrons. The van der Waals surface area contributed by atoms with Gasteiger partial charge in [-0.15, -0.1) is 22.7 Å². The maximum absolute atomic E-state index is 12.2. The van der Waals surface area contributed by atoms with Crippen LogP contribution in [0.5, 0.6) is 0 Å². The number of anilines is 6. The van der Waals surface area contributed by atoms with Crippen molar-refractivity contribution in [1.82, 2.24) is 8.75 Å². The van der Waals surface area contributed by atoms with Gasteiger partial charge in [0, 0.05) is 84.7 Å². The zero-order chi connectivity index (χ0) is 48.5. The molecule has 0 bridgehead atoms. The topological polar surface area (TPSA) is 84.9 Å². The van der Waals surface area contributed by atoms with E-state index in [2.05, 4.69) is 192 Å². The van der Waals surface area contributed by atoms with Gasteiger partial charge in [0.2, 0.25) is 0 Å². The highest BCUT2D eigenvalue weighted by Crippen LogP contribution is 2.44. The largest absolute Gasteiger partial charge is 0.463 e. The zero-order valence-electron chi connectivity index (χ0n) is 39.4. The molecule has 0 amide bonds. The van der Waals surface area contributed by atoms with E-state index in [1.807, 2.05) is 12.1 Å². The van der Waals surface area contributed by atoms with Crippen LogP contribution in [0, 0.1) is 0 Å². The quantitative estimate of drug-likeness (QED) is 0.0585. The number of benzene rings is 7. The number of ketones is 1. The standard InChI is InChI=1S/C60H50N4O4S3/c1-41(65)13-14-42-15-24-48(25-16-42)63(46-9-5-3-6-10-46)50-28-20-44(21-29-50)54-34-36-56(69-54)52-32-33-53(60-59(52)61-71-62-60)57-37-35-55(70-57)45-22-30-51(31-23-45)64(47-11-7-4-8-12-47)49-26-17-43(18-27-49)19-38-58(66)68-40-39-67-2/h3-12,15-18,20-37H,13-14,19,38-40H2,1-2H3. The number of methoxy groups -OCH3 is 1. The Kier molecular flexibility index (Phi) is 14.6. The number of Topliss-reactive ketones (excluding diaryl/α,β-unsaturated/α-hetero) is 1. The lowest BCUT2D eigenvalue weighted by molar-refractivity contribution is -0.144. The second-order valence-corrected chi connectivity index (χ2v) is 19.8. The smallest absolute Gasteiger partial charge is 0.306 e. The molecular weight excluding hydrogens is 937 g/mol. The molecule has 0 aliphatic rings. The highest BCUT2D eigenvalue weighted by molar-refractivity contribution is 7.19. The molecule has 7 aromatic carbocycles. The third-order valence-electron chi connectivity index (χ3n) is 12.3. The van der Waals surface area contributed by atoms with Crippen molar-refractivity contribution in [1.29, 1.82) is 0 Å². The SMILES string of the molecule is COCCOC(=O)CCc1ccc(N(c2ccccc2)c2ccc(-c3ccc(-c4ccc(-c5ccc(-c6ccc(N(c7ccccc7)c7ccc(CCC(C)=O)cc7)cc6)s5)c5nsnc45)s3)cc2)cc1. The Hall–Kier alpha value is -7.54. The molecule has 0 atom stereocenters. The van der Waals surface area contributed by atoms with E-state index in [-0.39, 0.29) is 18.4 Å². The number of nitrogens with zero attached hydrogens (tertiary/aromatic N) is 4. The first-order chi connectivity index (χ1) is 34.9. The third-order valence-corrected chi connectivity index (χ3v) is 15.2. The van der Waals surface area contributed by atoms with Crippen LogP contribution in [-0.4, -0.2) is 40.8 Å². The molecule has 11 heteroatoms. The van der Waals surface area contributed by atoms with Gasteiger partial charge in [-0.25, -0.2) is 0 Å². The molecule has 0 unspecified atom stereocenters. The Morgan fingerprint density at radius 3 is 1.27 bits per heavy atom. The van der Waals surface area contributed by atoms with E-state index in [1.165, 1.54) is 21.5 Å². The lowest BCUT2D eigenvalue weighted by Gasteiger charge is -2.25. The second kappa shape index (κ2) is 22.0. The van der Waals surface area contributed by atoms with E-state index in [0.29, 0.717) is 25.9 Å². The molecule has 0 N–H and O–H groups in total. The lowest BCUT2D eigenvalue weighted by atomic mass is 10.1. The van der Waals surface area contributed by atoms with Gasteiger partial charge in [0.15, 0.2) is 0 Å². The van der Waals surface area contributed by atoms with Crippen LogP contribution in [0.2, 0.25) is 0 Å². The van der Waals surface area contributed by atoms with Crippen molar-refractivity contribution in [3.63, 3.8) is 0 Å². The summed E-state index contributed by atoms with van der Waals surface area (Å²) in [4.78, 5) is 32.9. The fraction of sp³-hybridized carbons (Fsp3) is 0.133. The Morgan fingerprint density at radius 2 is 0.845 bits per heavy atom. The first-order valence-electron chi connectivity index (χ1n) is 23.6. The van der Waals surface area contributed by atoms with Crippen LogP contribution in [0.3, 0.4) is 0 Å². The number of para-hydroxylation sites is 2. The Balaban J connectivity index is 0.848. The van der Waals surface area contributed by atoms with Gasteiger partial charge in [-0.3, -0.25) is 4.79 Å². The van der Waals surface area contributed by atoms with E-state index >= 15 is 0 Å². The number of aromatic nitrogens is 2. The number of ether oxygens (including phenoxy) is 2. The number of thiophene rings is 2. The number of aryl methyl sites for hydroxylation is 2. The van der Waals surface area contributed by atoms with Crippen molar-refractivity contribution in [2.24, 2.45) is 0 Å². The van der Waals surface area contributed by atoms with Crippen LogP contribution in [-0.2, 0) is 31.9 Å². The van der Waals surface area contributed by atoms with Gasteiger partial charge >= 0.3 is 5.97 Å². The molecule has 8 nitrogen and oxygen atoms in total. The molecule has 352 valence electrons. The van der Waals surface area contributed by atoms with Crippen molar-refractivity contribution < 1.29 is 19.1 Å². The average Bonchev–Trinajstić information content (AvgIpc) is 4.23. The first-order valence-corrected chi connectivity index (χ1v) is 25.9. The zero-order valence-corrected chi connectivity index (χ0v) is 41.8. The highest BCUT2D eigenvalue weighted by Gasteiger charge is 2.19. The van der Waals surface area contributed by atoms with Crippen molar-refractivity contribution in [3.8, 4) is 41.8 Å². The van der Waals surface area contributed by atoms with Crippen molar-refractivity contribution in [2.45, 2.75) is 32.6 Å². The summed E-state index contributed by atoms with van der Waals surface area (Å²) in [5, 5.41) is 0.